The number of benzene rings is 2. The molecule has 158 valence electrons. The molecule has 0 aliphatic heterocycles. The molecule has 0 saturated heterocycles. The molecule has 9 heteroatoms. The van der Waals surface area contributed by atoms with E-state index in [1.165, 1.54) is 0 Å². The van der Waals surface area contributed by atoms with Crippen molar-refractivity contribution < 1.29 is 23.7 Å². The van der Waals surface area contributed by atoms with E-state index in [1.54, 1.807) is 46.8 Å². The molecule has 8 nitrogen and oxygen atoms in total. The van der Waals surface area contributed by atoms with Crippen LogP contribution in [-0.2, 0) is 11.3 Å². The molecule has 30 heavy (non-hydrogen) atoms. The highest BCUT2D eigenvalue weighted by atomic mass is 79.9. The average Bonchev–Trinajstić information content (AvgIpc) is 2.76. The van der Waals surface area contributed by atoms with E-state index in [9.17, 15) is 0 Å². The van der Waals surface area contributed by atoms with Gasteiger partial charge in [0.1, 0.15) is 5.75 Å². The summed E-state index contributed by atoms with van der Waals surface area (Å²) in [6.45, 7) is 0.426. The number of para-hydroxylation sites is 1. The summed E-state index contributed by atoms with van der Waals surface area (Å²) in [4.78, 5) is 8.77. The molecule has 0 radical (unpaired) electrons. The van der Waals surface area contributed by atoms with Crippen LogP contribution in [0.25, 0.3) is 0 Å². The lowest BCUT2D eigenvalue weighted by Gasteiger charge is -2.15. The van der Waals surface area contributed by atoms with E-state index in [-0.39, 0.29) is 0 Å². The van der Waals surface area contributed by atoms with Gasteiger partial charge in [-0.15, -0.1) is 0 Å². The minimum absolute atomic E-state index is 0.340. The molecule has 0 unspecified atom stereocenters. The van der Waals surface area contributed by atoms with Gasteiger partial charge in [0.15, 0.2) is 11.5 Å². The maximum atomic E-state index is 6.01. The molecular weight excluding hydrogens is 454 g/mol. The Hall–Kier alpha value is -3.04. The third-order valence-corrected chi connectivity index (χ3v) is 4.66. The van der Waals surface area contributed by atoms with Gasteiger partial charge in [0.05, 0.1) is 38.6 Å². The van der Waals surface area contributed by atoms with Gasteiger partial charge >= 0.3 is 0 Å². The molecule has 2 aromatic carbocycles. The SMILES string of the molecule is COCc1ccccc1Oc1nc(Nc2cc(OC)c(OC)c(OC)c2)ncc1Br. The lowest BCUT2D eigenvalue weighted by atomic mass is 10.2. The van der Waals surface area contributed by atoms with E-state index >= 15 is 0 Å². The largest absolute Gasteiger partial charge is 0.493 e. The highest BCUT2D eigenvalue weighted by molar-refractivity contribution is 9.10. The summed E-state index contributed by atoms with van der Waals surface area (Å²) in [6, 6.07) is 11.1. The van der Waals surface area contributed by atoms with Crippen molar-refractivity contribution in [2.75, 3.05) is 33.8 Å². The quantitative estimate of drug-likeness (QED) is 0.465. The van der Waals surface area contributed by atoms with E-state index < -0.39 is 0 Å². The van der Waals surface area contributed by atoms with Crippen LogP contribution in [0.2, 0.25) is 0 Å². The lowest BCUT2D eigenvalue weighted by molar-refractivity contribution is 0.182. The summed E-state index contributed by atoms with van der Waals surface area (Å²) in [5, 5.41) is 3.13. The number of hydrogen-bond acceptors (Lipinski definition) is 8. The highest BCUT2D eigenvalue weighted by Gasteiger charge is 2.15. The van der Waals surface area contributed by atoms with Crippen molar-refractivity contribution >= 4 is 27.6 Å². The molecule has 0 aliphatic rings. The molecule has 0 aliphatic carbocycles. The van der Waals surface area contributed by atoms with E-state index in [0.29, 0.717) is 51.6 Å². The fraction of sp³-hybridized carbons (Fsp3) is 0.238. The fourth-order valence-corrected chi connectivity index (χ4v) is 3.02. The molecule has 1 N–H and O–H groups in total. The van der Waals surface area contributed by atoms with E-state index in [0.717, 1.165) is 5.56 Å². The van der Waals surface area contributed by atoms with Crippen LogP contribution < -0.4 is 24.3 Å². The van der Waals surface area contributed by atoms with Crippen LogP contribution in [0.3, 0.4) is 0 Å². The van der Waals surface area contributed by atoms with E-state index in [1.807, 2.05) is 24.3 Å². The Balaban J connectivity index is 1.89. The van der Waals surface area contributed by atoms with Crippen molar-refractivity contribution in [2.45, 2.75) is 6.61 Å². The summed E-state index contributed by atoms with van der Waals surface area (Å²) in [5.74, 6) is 2.89. The topological polar surface area (TPSA) is 84.0 Å². The Morgan fingerprint density at radius 2 is 1.63 bits per heavy atom. The maximum absolute atomic E-state index is 6.01. The number of hydrogen-bond donors (Lipinski definition) is 1. The first-order chi connectivity index (χ1) is 14.6. The monoisotopic (exact) mass is 475 g/mol. The number of aromatic nitrogens is 2. The zero-order chi connectivity index (χ0) is 21.5. The van der Waals surface area contributed by atoms with Crippen molar-refractivity contribution in [3.05, 3.63) is 52.6 Å². The maximum Gasteiger partial charge on any atom is 0.238 e. The summed E-state index contributed by atoms with van der Waals surface area (Å²) in [5.41, 5.74) is 1.57. The third kappa shape index (κ3) is 4.92. The van der Waals surface area contributed by atoms with E-state index in [2.05, 4.69) is 31.2 Å². The third-order valence-electron chi connectivity index (χ3n) is 4.11. The lowest BCUT2D eigenvalue weighted by Crippen LogP contribution is -2.02. The molecule has 1 aromatic heterocycles. The van der Waals surface area contributed by atoms with Gasteiger partial charge in [-0.05, 0) is 22.0 Å². The summed E-state index contributed by atoms with van der Waals surface area (Å²) in [7, 11) is 6.30. The normalized spacial score (nSPS) is 10.4. The number of methoxy groups -OCH3 is 4. The Morgan fingerprint density at radius 3 is 2.27 bits per heavy atom. The van der Waals surface area contributed by atoms with Crippen LogP contribution in [0, 0.1) is 0 Å². The van der Waals surface area contributed by atoms with Gasteiger partial charge in [-0.2, -0.15) is 4.98 Å². The second-order valence-electron chi connectivity index (χ2n) is 6.03. The molecule has 3 rings (SSSR count). The minimum atomic E-state index is 0.340. The smallest absolute Gasteiger partial charge is 0.238 e. The first-order valence-electron chi connectivity index (χ1n) is 8.93. The number of rotatable bonds is 9. The van der Waals surface area contributed by atoms with Crippen molar-refractivity contribution in [1.29, 1.82) is 0 Å². The van der Waals surface area contributed by atoms with Gasteiger partial charge in [-0.25, -0.2) is 4.98 Å². The van der Waals surface area contributed by atoms with Gasteiger partial charge < -0.3 is 29.0 Å². The second kappa shape index (κ2) is 10.1. The average molecular weight is 476 g/mol. The fourth-order valence-electron chi connectivity index (χ4n) is 2.75. The van der Waals surface area contributed by atoms with Crippen molar-refractivity contribution in [3.8, 4) is 28.9 Å². The molecule has 0 fully saturated rings. The first-order valence-corrected chi connectivity index (χ1v) is 9.73. The number of anilines is 2. The summed E-state index contributed by atoms with van der Waals surface area (Å²) in [6.07, 6.45) is 1.61. The molecule has 0 amide bonds. The molecule has 1 heterocycles. The number of nitrogens with zero attached hydrogens (tertiary/aromatic N) is 2. The van der Waals surface area contributed by atoms with Crippen LogP contribution in [0.5, 0.6) is 28.9 Å². The minimum Gasteiger partial charge on any atom is -0.493 e. The number of ether oxygens (including phenoxy) is 5. The standard InChI is InChI=1S/C21H22BrN3O5/c1-26-12-13-7-5-6-8-16(13)30-20-15(22)11-23-21(25-20)24-14-9-17(27-2)19(29-4)18(10-14)28-3/h5-11H,12H2,1-4H3,(H,23,24,25). The Morgan fingerprint density at radius 1 is 0.933 bits per heavy atom. The zero-order valence-corrected chi connectivity index (χ0v) is 18.6. The van der Waals surface area contributed by atoms with Gasteiger partial charge in [-0.1, -0.05) is 18.2 Å². The van der Waals surface area contributed by atoms with Crippen molar-refractivity contribution in [2.24, 2.45) is 0 Å². The van der Waals surface area contributed by atoms with Crippen LogP contribution >= 0.6 is 15.9 Å². The van der Waals surface area contributed by atoms with Crippen molar-refractivity contribution in [3.63, 3.8) is 0 Å². The summed E-state index contributed by atoms with van der Waals surface area (Å²) < 4.78 is 28.0. The summed E-state index contributed by atoms with van der Waals surface area (Å²) >= 11 is 3.44. The second-order valence-corrected chi connectivity index (χ2v) is 6.88. The van der Waals surface area contributed by atoms with Crippen LogP contribution in [0.15, 0.2) is 47.1 Å². The van der Waals surface area contributed by atoms with Gasteiger partial charge in [0.25, 0.3) is 0 Å². The number of nitrogens with one attached hydrogen (secondary N) is 1. The van der Waals surface area contributed by atoms with Gasteiger partial charge in [0, 0.05) is 30.5 Å². The van der Waals surface area contributed by atoms with Crippen LogP contribution in [0.4, 0.5) is 11.6 Å². The highest BCUT2D eigenvalue weighted by Crippen LogP contribution is 2.40. The van der Waals surface area contributed by atoms with Crippen LogP contribution in [-0.4, -0.2) is 38.4 Å². The molecule has 0 atom stereocenters. The van der Waals surface area contributed by atoms with Gasteiger partial charge in [0.2, 0.25) is 17.6 Å². The molecule has 0 saturated carbocycles. The molecular formula is C21H22BrN3O5. The van der Waals surface area contributed by atoms with E-state index in [4.69, 9.17) is 23.7 Å². The molecule has 0 spiro atoms. The molecule has 0 bridgehead atoms. The first kappa shape index (κ1) is 21.7. The van der Waals surface area contributed by atoms with Crippen molar-refractivity contribution in [1.82, 2.24) is 9.97 Å². The Kier molecular flexibility index (Phi) is 7.31. The van der Waals surface area contributed by atoms with Gasteiger partial charge in [-0.3, -0.25) is 0 Å². The molecule has 3 aromatic rings. The predicted molar refractivity (Wildman–Crippen MR) is 116 cm³/mol. The zero-order valence-electron chi connectivity index (χ0n) is 17.1. The predicted octanol–water partition coefficient (Wildman–Crippen LogP) is 4.95. The Labute approximate surface area is 183 Å². The Bertz CT molecular complexity index is 991. The van der Waals surface area contributed by atoms with Crippen LogP contribution in [0.1, 0.15) is 5.56 Å². The number of halogens is 1.